The first kappa shape index (κ1) is 21.2. The van der Waals surface area contributed by atoms with E-state index < -0.39 is 0 Å². The molecule has 0 aliphatic heterocycles. The fraction of sp³-hybridized carbons (Fsp3) is 0.154. The van der Waals surface area contributed by atoms with Gasteiger partial charge in [0.25, 0.3) is 5.91 Å². The molecule has 1 N–H and O–H groups in total. The van der Waals surface area contributed by atoms with Gasteiger partial charge in [-0.05, 0) is 49.7 Å². The molecule has 0 unspecified atom stereocenters. The smallest absolute Gasteiger partial charge is 0.261 e. The normalized spacial score (nSPS) is 11.4. The number of anilines is 1. The molecule has 1 amide bonds. The zero-order chi connectivity index (χ0) is 22.7. The number of methoxy groups -OCH3 is 2. The molecule has 0 saturated heterocycles. The summed E-state index contributed by atoms with van der Waals surface area (Å²) in [6, 6.07) is 20.4. The van der Waals surface area contributed by atoms with Gasteiger partial charge in [0.1, 0.15) is 28.3 Å². The number of carbonyl (C=O) groups is 1. The molecule has 0 saturated carbocycles. The van der Waals surface area contributed by atoms with Crippen LogP contribution in [0.1, 0.15) is 21.5 Å². The van der Waals surface area contributed by atoms with E-state index >= 15 is 0 Å². The van der Waals surface area contributed by atoms with Crippen LogP contribution in [0, 0.1) is 13.8 Å². The molecule has 0 spiro atoms. The lowest BCUT2D eigenvalue weighted by molar-refractivity contribution is 0.102. The first-order chi connectivity index (χ1) is 15.5. The summed E-state index contributed by atoms with van der Waals surface area (Å²) < 4.78 is 16.8. The van der Waals surface area contributed by atoms with Crippen LogP contribution in [0.2, 0.25) is 0 Å². The molecule has 162 valence electrons. The number of hydrogen-bond acceptors (Lipinski definition) is 5. The standard InChI is InChI=1S/C26H24N2O4/c1-16-9-11-21(17(2)13-16)27-25(29)20-14-18-7-5-6-8-23(18)32-26(20)28-22-12-10-19(30-3)15-24(22)31-4/h5-15H,1-4H3,(H,27,29). The van der Waals surface area contributed by atoms with Gasteiger partial charge in [-0.15, -0.1) is 0 Å². The van der Waals surface area contributed by atoms with Gasteiger partial charge in [-0.2, -0.15) is 0 Å². The van der Waals surface area contributed by atoms with E-state index in [2.05, 4.69) is 10.3 Å². The van der Waals surface area contributed by atoms with E-state index in [1.165, 1.54) is 0 Å². The molecule has 4 rings (SSSR count). The first-order valence-corrected chi connectivity index (χ1v) is 10.2. The van der Waals surface area contributed by atoms with Crippen molar-refractivity contribution in [1.29, 1.82) is 0 Å². The molecule has 0 aliphatic rings. The quantitative estimate of drug-likeness (QED) is 0.452. The third kappa shape index (κ3) is 4.34. The molecule has 6 nitrogen and oxygen atoms in total. The van der Waals surface area contributed by atoms with Crippen LogP contribution < -0.4 is 20.3 Å². The molecule has 0 atom stereocenters. The van der Waals surface area contributed by atoms with Gasteiger partial charge in [-0.3, -0.25) is 4.79 Å². The molecule has 4 aromatic rings. The van der Waals surface area contributed by atoms with Crippen LogP contribution in [-0.4, -0.2) is 20.1 Å². The summed E-state index contributed by atoms with van der Waals surface area (Å²) in [5, 5.41) is 3.79. The van der Waals surface area contributed by atoms with Crippen LogP contribution in [0.4, 0.5) is 11.4 Å². The molecule has 0 aliphatic carbocycles. The highest BCUT2D eigenvalue weighted by Gasteiger charge is 2.15. The first-order valence-electron chi connectivity index (χ1n) is 10.2. The van der Waals surface area contributed by atoms with E-state index in [-0.39, 0.29) is 11.5 Å². The number of nitrogens with zero attached hydrogens (tertiary/aromatic N) is 1. The van der Waals surface area contributed by atoms with Gasteiger partial charge in [0.05, 0.1) is 14.2 Å². The Hall–Kier alpha value is -4.06. The largest absolute Gasteiger partial charge is 0.497 e. The highest BCUT2D eigenvalue weighted by molar-refractivity contribution is 6.05. The molecule has 1 heterocycles. The number of nitrogens with one attached hydrogen (secondary N) is 1. The predicted octanol–water partition coefficient (Wildman–Crippen LogP) is 5.55. The van der Waals surface area contributed by atoms with Crippen molar-refractivity contribution < 1.29 is 18.7 Å². The Morgan fingerprint density at radius 3 is 2.50 bits per heavy atom. The fourth-order valence-electron chi connectivity index (χ4n) is 3.44. The second-order valence-corrected chi connectivity index (χ2v) is 7.43. The predicted molar refractivity (Wildman–Crippen MR) is 125 cm³/mol. The zero-order valence-electron chi connectivity index (χ0n) is 18.4. The van der Waals surface area contributed by atoms with Crippen molar-refractivity contribution in [3.05, 3.63) is 89.0 Å². The van der Waals surface area contributed by atoms with E-state index in [1.54, 1.807) is 38.5 Å². The molecular formula is C26H24N2O4. The van der Waals surface area contributed by atoms with Crippen molar-refractivity contribution >= 4 is 28.3 Å². The number of ether oxygens (including phenoxy) is 2. The Bertz CT molecular complexity index is 1370. The van der Waals surface area contributed by atoms with Crippen LogP contribution in [0.3, 0.4) is 0 Å². The van der Waals surface area contributed by atoms with Crippen molar-refractivity contribution in [3.8, 4) is 11.5 Å². The minimum atomic E-state index is -0.308. The van der Waals surface area contributed by atoms with E-state index in [1.807, 2.05) is 56.3 Å². The Kier molecular flexibility index (Phi) is 5.94. The van der Waals surface area contributed by atoms with Crippen molar-refractivity contribution in [1.82, 2.24) is 0 Å². The van der Waals surface area contributed by atoms with Crippen molar-refractivity contribution in [2.24, 2.45) is 4.99 Å². The van der Waals surface area contributed by atoms with Crippen molar-refractivity contribution in [3.63, 3.8) is 0 Å². The third-order valence-corrected chi connectivity index (χ3v) is 5.14. The second-order valence-electron chi connectivity index (χ2n) is 7.43. The molecular weight excluding hydrogens is 404 g/mol. The molecule has 0 fully saturated rings. The highest BCUT2D eigenvalue weighted by Crippen LogP contribution is 2.31. The zero-order valence-corrected chi connectivity index (χ0v) is 18.4. The number of carbonyl (C=O) groups excluding carboxylic acids is 1. The molecule has 32 heavy (non-hydrogen) atoms. The SMILES string of the molecule is COc1ccc(N=c2oc3ccccc3cc2C(=O)Nc2ccc(C)cc2C)c(OC)c1. The van der Waals surface area contributed by atoms with Crippen molar-refractivity contribution in [2.45, 2.75) is 13.8 Å². The minimum absolute atomic E-state index is 0.189. The lowest BCUT2D eigenvalue weighted by Gasteiger charge is -2.10. The van der Waals surface area contributed by atoms with Crippen molar-refractivity contribution in [2.75, 3.05) is 19.5 Å². The number of hydrogen-bond donors (Lipinski definition) is 1. The minimum Gasteiger partial charge on any atom is -0.497 e. The Balaban J connectivity index is 1.86. The number of fused-ring (bicyclic) bond motifs is 1. The topological polar surface area (TPSA) is 73.1 Å². The lowest BCUT2D eigenvalue weighted by Crippen LogP contribution is -2.22. The van der Waals surface area contributed by atoms with Gasteiger partial charge in [0.2, 0.25) is 5.55 Å². The van der Waals surface area contributed by atoms with Gasteiger partial charge in [0, 0.05) is 17.1 Å². The number of para-hydroxylation sites is 1. The monoisotopic (exact) mass is 428 g/mol. The van der Waals surface area contributed by atoms with Gasteiger partial charge in [-0.1, -0.05) is 35.9 Å². The molecule has 6 heteroatoms. The second kappa shape index (κ2) is 8.98. The Labute approximate surface area is 186 Å². The Morgan fingerprint density at radius 1 is 0.938 bits per heavy atom. The number of aryl methyl sites for hydroxylation is 2. The van der Waals surface area contributed by atoms with E-state index in [0.29, 0.717) is 28.3 Å². The summed E-state index contributed by atoms with van der Waals surface area (Å²) in [5.41, 5.74) is 4.50. The fourth-order valence-corrected chi connectivity index (χ4v) is 3.44. The molecule has 3 aromatic carbocycles. The molecule has 0 radical (unpaired) electrons. The summed E-state index contributed by atoms with van der Waals surface area (Å²) in [5.74, 6) is 0.843. The third-order valence-electron chi connectivity index (χ3n) is 5.14. The molecule has 1 aromatic heterocycles. The van der Waals surface area contributed by atoms with Gasteiger partial charge in [-0.25, -0.2) is 4.99 Å². The maximum Gasteiger partial charge on any atom is 0.261 e. The maximum atomic E-state index is 13.3. The number of benzene rings is 3. The summed E-state index contributed by atoms with van der Waals surface area (Å²) >= 11 is 0. The maximum absolute atomic E-state index is 13.3. The van der Waals surface area contributed by atoms with E-state index in [0.717, 1.165) is 22.2 Å². The average molecular weight is 428 g/mol. The average Bonchev–Trinajstić information content (AvgIpc) is 2.80. The van der Waals surface area contributed by atoms with Crippen LogP contribution in [-0.2, 0) is 0 Å². The van der Waals surface area contributed by atoms with Gasteiger partial charge >= 0.3 is 0 Å². The summed E-state index contributed by atoms with van der Waals surface area (Å²) in [4.78, 5) is 17.9. The van der Waals surface area contributed by atoms with E-state index in [4.69, 9.17) is 13.9 Å². The van der Waals surface area contributed by atoms with Crippen LogP contribution in [0.15, 0.2) is 76.1 Å². The highest BCUT2D eigenvalue weighted by atomic mass is 16.5. The van der Waals surface area contributed by atoms with Crippen LogP contribution in [0.25, 0.3) is 11.0 Å². The summed E-state index contributed by atoms with van der Waals surface area (Å²) in [6.45, 7) is 3.97. The molecule has 0 bridgehead atoms. The summed E-state index contributed by atoms with van der Waals surface area (Å²) in [7, 11) is 3.14. The Morgan fingerprint density at radius 2 is 1.75 bits per heavy atom. The summed E-state index contributed by atoms with van der Waals surface area (Å²) in [6.07, 6.45) is 0. The van der Waals surface area contributed by atoms with Crippen LogP contribution >= 0.6 is 0 Å². The number of rotatable bonds is 5. The lowest BCUT2D eigenvalue weighted by atomic mass is 10.1. The van der Waals surface area contributed by atoms with Crippen LogP contribution in [0.5, 0.6) is 11.5 Å². The van der Waals surface area contributed by atoms with Gasteiger partial charge < -0.3 is 19.2 Å². The number of amides is 1. The van der Waals surface area contributed by atoms with Gasteiger partial charge in [0.15, 0.2) is 0 Å². The van der Waals surface area contributed by atoms with E-state index in [9.17, 15) is 4.79 Å².